The Balaban J connectivity index is 1.77. The van der Waals surface area contributed by atoms with Crippen LogP contribution < -0.4 is 9.83 Å². The lowest BCUT2D eigenvalue weighted by Gasteiger charge is -2.29. The van der Waals surface area contributed by atoms with Gasteiger partial charge in [-0.15, -0.1) is 0 Å². The van der Waals surface area contributed by atoms with E-state index in [9.17, 15) is 4.57 Å². The third kappa shape index (κ3) is 2.56. The summed E-state index contributed by atoms with van der Waals surface area (Å²) < 4.78 is 25.4. The molecule has 0 saturated carbocycles. The number of hydrogen-bond acceptors (Lipinski definition) is 3. The van der Waals surface area contributed by atoms with Crippen molar-refractivity contribution >= 4 is 12.9 Å². The minimum atomic E-state index is -3.46. The number of fused-ring (bicyclic) bond motifs is 3. The predicted molar refractivity (Wildman–Crippen MR) is 95.7 cm³/mol. The number of benzene rings is 3. The van der Waals surface area contributed by atoms with Crippen LogP contribution in [-0.2, 0) is 9.09 Å². The molecule has 0 amide bonds. The molecule has 2 unspecified atom stereocenters. The van der Waals surface area contributed by atoms with Crippen molar-refractivity contribution in [1.82, 2.24) is 0 Å². The minimum absolute atomic E-state index is 0.338. The summed E-state index contributed by atoms with van der Waals surface area (Å²) >= 11 is 0. The van der Waals surface area contributed by atoms with Crippen LogP contribution in [0.2, 0.25) is 0 Å². The summed E-state index contributed by atoms with van der Waals surface area (Å²) in [5.41, 5.74) is 2.81. The topological polar surface area (TPSA) is 35.5 Å². The highest BCUT2D eigenvalue weighted by atomic mass is 31.2. The molecule has 0 aliphatic carbocycles. The van der Waals surface area contributed by atoms with E-state index >= 15 is 0 Å². The Morgan fingerprint density at radius 3 is 2.25 bits per heavy atom. The summed E-state index contributed by atoms with van der Waals surface area (Å²) in [5.74, 6) is 0.597. The lowest BCUT2D eigenvalue weighted by Crippen LogP contribution is -2.20. The van der Waals surface area contributed by atoms with Crippen molar-refractivity contribution in [3.8, 4) is 16.9 Å². The third-order valence-electron chi connectivity index (χ3n) is 4.16. The van der Waals surface area contributed by atoms with E-state index in [0.29, 0.717) is 11.1 Å². The van der Waals surface area contributed by atoms with Gasteiger partial charge in [0.2, 0.25) is 0 Å². The Morgan fingerprint density at radius 2 is 1.46 bits per heavy atom. The fraction of sp³-hybridized carbons (Fsp3) is 0.100. The van der Waals surface area contributed by atoms with Gasteiger partial charge in [0.25, 0.3) is 0 Å². The van der Waals surface area contributed by atoms with Gasteiger partial charge in [-0.05, 0) is 24.6 Å². The van der Waals surface area contributed by atoms with Crippen molar-refractivity contribution in [1.29, 1.82) is 0 Å². The molecular weight excluding hydrogens is 319 g/mol. The summed E-state index contributed by atoms with van der Waals surface area (Å²) in [4.78, 5) is 0. The smallest absolute Gasteiger partial charge is 0.411 e. The van der Waals surface area contributed by atoms with Crippen LogP contribution in [0, 0.1) is 0 Å². The fourth-order valence-electron chi connectivity index (χ4n) is 2.96. The summed E-state index contributed by atoms with van der Waals surface area (Å²) in [7, 11) is -3.46. The van der Waals surface area contributed by atoms with E-state index in [4.69, 9.17) is 9.05 Å². The molecule has 0 aromatic heterocycles. The van der Waals surface area contributed by atoms with E-state index in [0.717, 1.165) is 16.7 Å². The Hall–Kier alpha value is -2.35. The van der Waals surface area contributed by atoms with Crippen LogP contribution in [0.25, 0.3) is 11.1 Å². The van der Waals surface area contributed by atoms with Gasteiger partial charge in [-0.3, -0.25) is 4.52 Å². The first-order valence-corrected chi connectivity index (χ1v) is 9.44. The maximum absolute atomic E-state index is 13.6. The van der Waals surface area contributed by atoms with Crippen LogP contribution in [-0.4, -0.2) is 0 Å². The summed E-state index contributed by atoms with van der Waals surface area (Å²) in [5, 5.41) is 0.617. The van der Waals surface area contributed by atoms with Crippen molar-refractivity contribution < 1.29 is 13.6 Å². The molecule has 1 aliphatic rings. The molecular formula is C20H17O3P. The van der Waals surface area contributed by atoms with Crippen molar-refractivity contribution in [2.75, 3.05) is 0 Å². The van der Waals surface area contributed by atoms with E-state index in [1.165, 1.54) is 0 Å². The van der Waals surface area contributed by atoms with E-state index < -0.39 is 7.60 Å². The molecule has 0 bridgehead atoms. The fourth-order valence-corrected chi connectivity index (χ4v) is 4.93. The second-order valence-electron chi connectivity index (χ2n) is 5.76. The van der Waals surface area contributed by atoms with Gasteiger partial charge in [0, 0.05) is 11.1 Å². The van der Waals surface area contributed by atoms with Gasteiger partial charge in [-0.25, -0.2) is 4.57 Å². The van der Waals surface area contributed by atoms with Crippen LogP contribution in [0.3, 0.4) is 0 Å². The second-order valence-corrected chi connectivity index (χ2v) is 7.63. The molecule has 3 aromatic carbocycles. The molecule has 0 radical (unpaired) electrons. The Morgan fingerprint density at radius 1 is 0.833 bits per heavy atom. The minimum Gasteiger partial charge on any atom is -0.421 e. The average molecular weight is 336 g/mol. The van der Waals surface area contributed by atoms with Crippen LogP contribution in [0.4, 0.5) is 0 Å². The molecule has 1 aliphatic heterocycles. The van der Waals surface area contributed by atoms with E-state index in [1.54, 1.807) is 0 Å². The first-order chi connectivity index (χ1) is 11.7. The first-order valence-electron chi connectivity index (χ1n) is 7.89. The lowest BCUT2D eigenvalue weighted by atomic mass is 10.0. The standard InChI is InChI=1S/C20H17O3P/c1-15(16-9-3-2-4-10-16)22-24(21)20-14-8-6-12-18(20)17-11-5-7-13-19(17)23-24/h2-15H,1H3. The van der Waals surface area contributed by atoms with Gasteiger partial charge in [-0.1, -0.05) is 66.7 Å². The third-order valence-corrected chi connectivity index (χ3v) is 6.17. The molecule has 3 nitrogen and oxygen atoms in total. The normalized spacial score (nSPS) is 19.7. The first kappa shape index (κ1) is 15.2. The highest BCUT2D eigenvalue weighted by Gasteiger charge is 2.38. The van der Waals surface area contributed by atoms with Crippen LogP contribution >= 0.6 is 7.60 Å². The highest BCUT2D eigenvalue weighted by molar-refractivity contribution is 7.63. The molecule has 0 spiro atoms. The van der Waals surface area contributed by atoms with Gasteiger partial charge < -0.3 is 4.52 Å². The Labute approximate surface area is 141 Å². The van der Waals surface area contributed by atoms with Crippen molar-refractivity contribution in [2.24, 2.45) is 0 Å². The zero-order chi connectivity index (χ0) is 16.6. The number of hydrogen-bond donors (Lipinski definition) is 0. The molecule has 24 heavy (non-hydrogen) atoms. The summed E-state index contributed by atoms with van der Waals surface area (Å²) in [6, 6.07) is 24.9. The van der Waals surface area contributed by atoms with Crippen LogP contribution in [0.1, 0.15) is 18.6 Å². The van der Waals surface area contributed by atoms with Crippen molar-refractivity contribution in [2.45, 2.75) is 13.0 Å². The van der Waals surface area contributed by atoms with Gasteiger partial charge in [-0.2, -0.15) is 0 Å². The molecule has 3 aromatic rings. The lowest BCUT2D eigenvalue weighted by molar-refractivity contribution is 0.202. The maximum Gasteiger partial charge on any atom is 0.411 e. The van der Waals surface area contributed by atoms with Crippen molar-refractivity contribution in [3.05, 3.63) is 84.4 Å². The number of rotatable bonds is 3. The zero-order valence-electron chi connectivity index (χ0n) is 13.3. The van der Waals surface area contributed by atoms with Gasteiger partial charge in [0.1, 0.15) is 5.75 Å². The Kier molecular flexibility index (Phi) is 3.76. The molecule has 0 fully saturated rings. The van der Waals surface area contributed by atoms with E-state index in [2.05, 4.69) is 0 Å². The molecule has 1 heterocycles. The second kappa shape index (κ2) is 5.94. The Bertz CT molecular complexity index is 921. The van der Waals surface area contributed by atoms with Crippen LogP contribution in [0.15, 0.2) is 78.9 Å². The van der Waals surface area contributed by atoms with Gasteiger partial charge in [0.15, 0.2) is 0 Å². The monoisotopic (exact) mass is 336 g/mol. The molecule has 120 valence electrons. The van der Waals surface area contributed by atoms with E-state index in [-0.39, 0.29) is 6.10 Å². The molecule has 2 atom stereocenters. The SMILES string of the molecule is CC(OP1(=O)Oc2ccccc2-c2ccccc21)c1ccccc1. The highest BCUT2D eigenvalue weighted by Crippen LogP contribution is 2.57. The van der Waals surface area contributed by atoms with Gasteiger partial charge >= 0.3 is 7.60 Å². The maximum atomic E-state index is 13.6. The molecule has 4 heteroatoms. The van der Waals surface area contributed by atoms with Crippen molar-refractivity contribution in [3.63, 3.8) is 0 Å². The predicted octanol–water partition coefficient (Wildman–Crippen LogP) is 5.34. The van der Waals surface area contributed by atoms with E-state index in [1.807, 2.05) is 85.8 Å². The van der Waals surface area contributed by atoms with Gasteiger partial charge in [0.05, 0.1) is 11.4 Å². The molecule has 4 rings (SSSR count). The molecule has 0 saturated heterocycles. The zero-order valence-corrected chi connectivity index (χ0v) is 14.1. The summed E-state index contributed by atoms with van der Waals surface area (Å²) in [6.07, 6.45) is -0.338. The number of para-hydroxylation sites is 1. The molecule has 0 N–H and O–H groups in total. The summed E-state index contributed by atoms with van der Waals surface area (Å²) in [6.45, 7) is 1.89. The average Bonchev–Trinajstić information content (AvgIpc) is 2.62. The quantitative estimate of drug-likeness (QED) is 0.606. The van der Waals surface area contributed by atoms with Crippen LogP contribution in [0.5, 0.6) is 5.75 Å². The largest absolute Gasteiger partial charge is 0.421 e.